The van der Waals surface area contributed by atoms with E-state index >= 15 is 0 Å². The number of carbonyl (C=O) groups is 1. The first kappa shape index (κ1) is 12.7. The molecule has 4 N–H and O–H groups in total. The van der Waals surface area contributed by atoms with E-state index in [2.05, 4.69) is 17.3 Å². The van der Waals surface area contributed by atoms with Gasteiger partial charge in [0.2, 0.25) is 0 Å². The van der Waals surface area contributed by atoms with Crippen LogP contribution in [0.1, 0.15) is 16.8 Å². The second kappa shape index (κ2) is 5.27. The van der Waals surface area contributed by atoms with Crippen molar-refractivity contribution in [3.8, 4) is 0 Å². The SMILES string of the molecule is CN1CCC(CNc2ccc(C(=O)O)cc2N)C1. The molecule has 1 fully saturated rings. The highest BCUT2D eigenvalue weighted by atomic mass is 16.4. The maximum atomic E-state index is 10.8. The molecule has 1 aliphatic heterocycles. The highest BCUT2D eigenvalue weighted by molar-refractivity contribution is 5.90. The van der Waals surface area contributed by atoms with Gasteiger partial charge < -0.3 is 21.1 Å². The summed E-state index contributed by atoms with van der Waals surface area (Å²) in [4.78, 5) is 13.1. The molecule has 1 aromatic carbocycles. The van der Waals surface area contributed by atoms with Gasteiger partial charge in [0.25, 0.3) is 0 Å². The minimum atomic E-state index is -0.953. The summed E-state index contributed by atoms with van der Waals surface area (Å²) in [6.07, 6.45) is 1.19. The second-order valence-corrected chi connectivity index (χ2v) is 4.91. The normalized spacial score (nSPS) is 19.9. The van der Waals surface area contributed by atoms with E-state index in [1.807, 2.05) is 0 Å². The Labute approximate surface area is 107 Å². The Morgan fingerprint density at radius 2 is 2.39 bits per heavy atom. The third kappa shape index (κ3) is 2.92. The fraction of sp³-hybridized carbons (Fsp3) is 0.462. The molecule has 0 aliphatic carbocycles. The fourth-order valence-corrected chi connectivity index (χ4v) is 2.30. The lowest BCUT2D eigenvalue weighted by atomic mass is 10.1. The second-order valence-electron chi connectivity index (χ2n) is 4.91. The Bertz CT molecular complexity index is 448. The third-order valence-electron chi connectivity index (χ3n) is 3.37. The summed E-state index contributed by atoms with van der Waals surface area (Å²) >= 11 is 0. The van der Waals surface area contributed by atoms with Crippen molar-refractivity contribution in [3.63, 3.8) is 0 Å². The van der Waals surface area contributed by atoms with Crippen LogP contribution in [0.5, 0.6) is 0 Å². The van der Waals surface area contributed by atoms with Crippen molar-refractivity contribution in [2.45, 2.75) is 6.42 Å². The zero-order chi connectivity index (χ0) is 13.1. The van der Waals surface area contributed by atoms with E-state index in [1.54, 1.807) is 12.1 Å². The molecule has 0 bridgehead atoms. The van der Waals surface area contributed by atoms with Crippen molar-refractivity contribution in [1.29, 1.82) is 0 Å². The monoisotopic (exact) mass is 249 g/mol. The number of hydrogen-bond donors (Lipinski definition) is 3. The van der Waals surface area contributed by atoms with E-state index < -0.39 is 5.97 Å². The highest BCUT2D eigenvalue weighted by Gasteiger charge is 2.19. The van der Waals surface area contributed by atoms with Gasteiger partial charge in [-0.15, -0.1) is 0 Å². The standard InChI is InChI=1S/C13H19N3O2/c1-16-5-4-9(8-16)7-15-12-3-2-10(13(17)18)6-11(12)14/h2-3,6,9,15H,4-5,7-8,14H2,1H3,(H,17,18). The molecule has 5 nitrogen and oxygen atoms in total. The highest BCUT2D eigenvalue weighted by Crippen LogP contribution is 2.22. The van der Waals surface area contributed by atoms with Gasteiger partial charge in [-0.25, -0.2) is 4.79 Å². The first-order valence-corrected chi connectivity index (χ1v) is 6.11. The average Bonchev–Trinajstić information content (AvgIpc) is 2.73. The molecule has 1 unspecified atom stereocenters. The Morgan fingerprint density at radius 3 is 2.94 bits per heavy atom. The molecule has 2 rings (SSSR count). The molecule has 1 heterocycles. The molecule has 0 aromatic heterocycles. The molecular formula is C13H19N3O2. The first-order chi connectivity index (χ1) is 8.56. The molecule has 1 aliphatic rings. The van der Waals surface area contributed by atoms with Gasteiger partial charge in [0, 0.05) is 13.1 Å². The van der Waals surface area contributed by atoms with Gasteiger partial charge in [0.15, 0.2) is 0 Å². The van der Waals surface area contributed by atoms with Gasteiger partial charge in [-0.1, -0.05) is 0 Å². The van der Waals surface area contributed by atoms with E-state index in [-0.39, 0.29) is 5.56 Å². The van der Waals surface area contributed by atoms with Crippen LogP contribution >= 0.6 is 0 Å². The first-order valence-electron chi connectivity index (χ1n) is 6.11. The smallest absolute Gasteiger partial charge is 0.335 e. The van der Waals surface area contributed by atoms with Gasteiger partial charge in [0.05, 0.1) is 16.9 Å². The fourth-order valence-electron chi connectivity index (χ4n) is 2.30. The lowest BCUT2D eigenvalue weighted by Crippen LogP contribution is -2.19. The molecule has 0 radical (unpaired) electrons. The quantitative estimate of drug-likeness (QED) is 0.702. The molecule has 1 aromatic rings. The number of rotatable bonds is 4. The lowest BCUT2D eigenvalue weighted by molar-refractivity contribution is 0.0697. The van der Waals surface area contributed by atoms with Crippen LogP contribution in [0, 0.1) is 5.92 Å². The number of aromatic carboxylic acids is 1. The summed E-state index contributed by atoms with van der Waals surface area (Å²) in [6, 6.07) is 4.80. The number of carboxylic acid groups (broad SMARTS) is 1. The Morgan fingerprint density at radius 1 is 1.61 bits per heavy atom. The van der Waals surface area contributed by atoms with Crippen LogP contribution in [0.25, 0.3) is 0 Å². The Hall–Kier alpha value is -1.75. The van der Waals surface area contributed by atoms with E-state index in [0.29, 0.717) is 11.6 Å². The summed E-state index contributed by atoms with van der Waals surface area (Å²) in [7, 11) is 2.12. The van der Waals surface area contributed by atoms with Crippen molar-refractivity contribution in [3.05, 3.63) is 23.8 Å². The molecule has 5 heteroatoms. The van der Waals surface area contributed by atoms with Crippen molar-refractivity contribution in [2.24, 2.45) is 5.92 Å². The molecule has 1 saturated heterocycles. The summed E-state index contributed by atoms with van der Waals surface area (Å²) in [5.74, 6) is -0.320. The van der Waals surface area contributed by atoms with E-state index in [1.165, 1.54) is 12.5 Å². The number of benzene rings is 1. The van der Waals surface area contributed by atoms with Gasteiger partial charge in [-0.05, 0) is 44.1 Å². The van der Waals surface area contributed by atoms with Crippen molar-refractivity contribution in [1.82, 2.24) is 4.90 Å². The molecule has 0 amide bonds. The van der Waals surface area contributed by atoms with Gasteiger partial charge in [-0.2, -0.15) is 0 Å². The maximum absolute atomic E-state index is 10.8. The van der Waals surface area contributed by atoms with Crippen LogP contribution in [-0.4, -0.2) is 42.7 Å². The van der Waals surface area contributed by atoms with E-state index in [0.717, 1.165) is 25.3 Å². The van der Waals surface area contributed by atoms with Crippen LogP contribution < -0.4 is 11.1 Å². The molecule has 1 atom stereocenters. The molecule has 0 spiro atoms. The number of nitrogens with one attached hydrogen (secondary N) is 1. The van der Waals surface area contributed by atoms with Gasteiger partial charge in [0.1, 0.15) is 0 Å². The molecule has 0 saturated carbocycles. The number of carboxylic acids is 1. The van der Waals surface area contributed by atoms with Crippen LogP contribution in [0.2, 0.25) is 0 Å². The average molecular weight is 249 g/mol. The Balaban J connectivity index is 1.95. The van der Waals surface area contributed by atoms with Crippen molar-refractivity contribution < 1.29 is 9.90 Å². The number of likely N-dealkylation sites (tertiary alicyclic amines) is 1. The lowest BCUT2D eigenvalue weighted by Gasteiger charge is -2.14. The summed E-state index contributed by atoms with van der Waals surface area (Å²) in [5.41, 5.74) is 7.36. The van der Waals surface area contributed by atoms with Gasteiger partial charge in [-0.3, -0.25) is 0 Å². The predicted molar refractivity (Wildman–Crippen MR) is 71.9 cm³/mol. The number of hydrogen-bond acceptors (Lipinski definition) is 4. The number of nitrogens with two attached hydrogens (primary N) is 1. The minimum Gasteiger partial charge on any atom is -0.478 e. The van der Waals surface area contributed by atoms with Crippen LogP contribution in [0.3, 0.4) is 0 Å². The predicted octanol–water partition coefficient (Wildman–Crippen LogP) is 1.33. The van der Waals surface area contributed by atoms with Gasteiger partial charge >= 0.3 is 5.97 Å². The zero-order valence-electron chi connectivity index (χ0n) is 10.5. The third-order valence-corrected chi connectivity index (χ3v) is 3.37. The number of nitrogen functional groups attached to an aromatic ring is 1. The minimum absolute atomic E-state index is 0.221. The van der Waals surface area contributed by atoms with Crippen molar-refractivity contribution in [2.75, 3.05) is 37.7 Å². The maximum Gasteiger partial charge on any atom is 0.335 e. The summed E-state index contributed by atoms with van der Waals surface area (Å²) in [5, 5.41) is 12.1. The van der Waals surface area contributed by atoms with E-state index in [9.17, 15) is 4.79 Å². The molecule has 98 valence electrons. The van der Waals surface area contributed by atoms with Crippen molar-refractivity contribution >= 4 is 17.3 Å². The zero-order valence-corrected chi connectivity index (χ0v) is 10.5. The number of anilines is 2. The Kier molecular flexibility index (Phi) is 3.72. The molecule has 18 heavy (non-hydrogen) atoms. The van der Waals surface area contributed by atoms with Crippen LogP contribution in [0.4, 0.5) is 11.4 Å². The topological polar surface area (TPSA) is 78.6 Å². The number of nitrogens with zero attached hydrogens (tertiary/aromatic N) is 1. The largest absolute Gasteiger partial charge is 0.478 e. The van der Waals surface area contributed by atoms with Crippen LogP contribution in [-0.2, 0) is 0 Å². The van der Waals surface area contributed by atoms with E-state index in [4.69, 9.17) is 10.8 Å². The van der Waals surface area contributed by atoms with Crippen LogP contribution in [0.15, 0.2) is 18.2 Å². The molecular weight excluding hydrogens is 230 g/mol. The summed E-state index contributed by atoms with van der Waals surface area (Å²) in [6.45, 7) is 3.11. The summed E-state index contributed by atoms with van der Waals surface area (Å²) < 4.78 is 0.